The van der Waals surface area contributed by atoms with Crippen molar-refractivity contribution in [3.8, 4) is 0 Å². The van der Waals surface area contributed by atoms with Gasteiger partial charge >= 0.3 is 0 Å². The lowest BCUT2D eigenvalue weighted by Gasteiger charge is -2.28. The summed E-state index contributed by atoms with van der Waals surface area (Å²) in [6, 6.07) is 0.705. The van der Waals surface area contributed by atoms with Crippen molar-refractivity contribution in [2.24, 2.45) is 5.92 Å². The van der Waals surface area contributed by atoms with Crippen LogP contribution in [-0.4, -0.2) is 12.6 Å². The van der Waals surface area contributed by atoms with E-state index in [9.17, 15) is 0 Å². The van der Waals surface area contributed by atoms with E-state index in [2.05, 4.69) is 31.3 Å². The van der Waals surface area contributed by atoms with Crippen LogP contribution < -0.4 is 5.32 Å². The highest BCUT2D eigenvalue weighted by Gasteiger charge is 2.18. The normalized spacial score (nSPS) is 22.3. The largest absolute Gasteiger partial charge is 0.311 e. The lowest BCUT2D eigenvalue weighted by molar-refractivity contribution is 0.287. The van der Waals surface area contributed by atoms with Crippen LogP contribution in [0.5, 0.6) is 0 Å². The molecule has 1 rings (SSSR count). The van der Waals surface area contributed by atoms with Gasteiger partial charge in [-0.1, -0.05) is 31.4 Å². The summed E-state index contributed by atoms with van der Waals surface area (Å²) in [5.74, 6) is 0.930. The molecule has 0 bridgehead atoms. The van der Waals surface area contributed by atoms with E-state index in [4.69, 9.17) is 0 Å². The third-order valence-electron chi connectivity index (χ3n) is 3.15. The molecule has 1 fully saturated rings. The van der Waals surface area contributed by atoms with Gasteiger partial charge in [0.1, 0.15) is 0 Å². The van der Waals surface area contributed by atoms with Crippen molar-refractivity contribution in [2.45, 2.75) is 52.0 Å². The van der Waals surface area contributed by atoms with Crippen LogP contribution in [0.4, 0.5) is 0 Å². The predicted octanol–water partition coefficient (Wildman–Crippen LogP) is 3.12. The predicted molar refractivity (Wildman–Crippen MR) is 58.9 cm³/mol. The lowest BCUT2D eigenvalue weighted by Crippen LogP contribution is -2.34. The molecule has 0 amide bonds. The Hall–Kier alpha value is -0.300. The lowest BCUT2D eigenvalue weighted by atomic mass is 9.84. The first-order chi connectivity index (χ1) is 6.34. The van der Waals surface area contributed by atoms with Gasteiger partial charge in [0.2, 0.25) is 0 Å². The van der Waals surface area contributed by atoms with Crippen molar-refractivity contribution in [3.05, 3.63) is 12.2 Å². The number of rotatable bonds is 4. The highest BCUT2D eigenvalue weighted by Crippen LogP contribution is 2.26. The molecule has 1 aliphatic carbocycles. The highest BCUT2D eigenvalue weighted by atomic mass is 14.9. The maximum atomic E-state index is 3.57. The quantitative estimate of drug-likeness (QED) is 0.657. The maximum Gasteiger partial charge on any atom is 0.0137 e. The van der Waals surface area contributed by atoms with E-state index < -0.39 is 0 Å². The van der Waals surface area contributed by atoms with Crippen LogP contribution in [-0.2, 0) is 0 Å². The Morgan fingerprint density at radius 2 is 2.00 bits per heavy atom. The van der Waals surface area contributed by atoms with Gasteiger partial charge in [0.15, 0.2) is 0 Å². The topological polar surface area (TPSA) is 12.0 Å². The molecular formula is C12H23N. The van der Waals surface area contributed by atoms with Crippen LogP contribution in [0.2, 0.25) is 0 Å². The van der Waals surface area contributed by atoms with Crippen molar-refractivity contribution < 1.29 is 0 Å². The molecule has 1 heteroatoms. The van der Waals surface area contributed by atoms with Gasteiger partial charge in [-0.25, -0.2) is 0 Å². The van der Waals surface area contributed by atoms with E-state index in [0.29, 0.717) is 6.04 Å². The van der Waals surface area contributed by atoms with Crippen molar-refractivity contribution in [2.75, 3.05) is 6.54 Å². The van der Waals surface area contributed by atoms with E-state index in [0.717, 1.165) is 12.5 Å². The first-order valence-corrected chi connectivity index (χ1v) is 5.69. The molecule has 1 saturated carbocycles. The van der Waals surface area contributed by atoms with E-state index >= 15 is 0 Å². The fourth-order valence-electron chi connectivity index (χ4n) is 2.17. The fourth-order valence-corrected chi connectivity index (χ4v) is 2.17. The summed E-state index contributed by atoms with van der Waals surface area (Å²) in [6.45, 7) is 5.45. The first kappa shape index (κ1) is 10.8. The van der Waals surface area contributed by atoms with Gasteiger partial charge in [-0.2, -0.15) is 0 Å². The average molecular weight is 181 g/mol. The van der Waals surface area contributed by atoms with Crippen molar-refractivity contribution >= 4 is 0 Å². The van der Waals surface area contributed by atoms with Gasteiger partial charge in [0, 0.05) is 12.6 Å². The van der Waals surface area contributed by atoms with E-state index in [1.165, 1.54) is 32.1 Å². The van der Waals surface area contributed by atoms with Crippen LogP contribution in [0.15, 0.2) is 12.2 Å². The summed E-state index contributed by atoms with van der Waals surface area (Å²) in [5, 5.41) is 3.57. The molecule has 0 aromatic carbocycles. The van der Waals surface area contributed by atoms with E-state index in [1.54, 1.807) is 0 Å². The molecule has 1 nitrogen and oxygen atoms in total. The number of allylic oxidation sites excluding steroid dienone is 1. The molecule has 0 aliphatic heterocycles. The highest BCUT2D eigenvalue weighted by molar-refractivity contribution is 4.83. The summed E-state index contributed by atoms with van der Waals surface area (Å²) < 4.78 is 0. The van der Waals surface area contributed by atoms with Crippen LogP contribution in [0.1, 0.15) is 46.0 Å². The second-order valence-corrected chi connectivity index (χ2v) is 4.16. The Balaban J connectivity index is 2.16. The molecule has 0 saturated heterocycles. The second kappa shape index (κ2) is 6.20. The molecular weight excluding hydrogens is 158 g/mol. The smallest absolute Gasteiger partial charge is 0.0137 e. The van der Waals surface area contributed by atoms with Crippen molar-refractivity contribution in [3.63, 3.8) is 0 Å². The van der Waals surface area contributed by atoms with Gasteiger partial charge < -0.3 is 5.32 Å². The molecule has 0 aromatic rings. The summed E-state index contributed by atoms with van der Waals surface area (Å²) >= 11 is 0. The average Bonchev–Trinajstić information content (AvgIpc) is 2.19. The van der Waals surface area contributed by atoms with Gasteiger partial charge in [-0.05, 0) is 32.6 Å². The maximum absolute atomic E-state index is 3.57. The monoisotopic (exact) mass is 181 g/mol. The Morgan fingerprint density at radius 3 is 2.62 bits per heavy atom. The Bertz CT molecular complexity index is 145. The van der Waals surface area contributed by atoms with Crippen LogP contribution in [0.3, 0.4) is 0 Å². The zero-order chi connectivity index (χ0) is 9.52. The molecule has 0 spiro atoms. The van der Waals surface area contributed by atoms with Gasteiger partial charge in [0.05, 0.1) is 0 Å². The molecule has 76 valence electrons. The van der Waals surface area contributed by atoms with Gasteiger partial charge in [-0.3, -0.25) is 0 Å². The summed E-state index contributed by atoms with van der Waals surface area (Å²) in [6.07, 6.45) is 11.5. The summed E-state index contributed by atoms with van der Waals surface area (Å²) in [7, 11) is 0. The summed E-state index contributed by atoms with van der Waals surface area (Å²) in [4.78, 5) is 0. The molecule has 0 aromatic heterocycles. The van der Waals surface area contributed by atoms with Gasteiger partial charge in [-0.15, -0.1) is 0 Å². The minimum Gasteiger partial charge on any atom is -0.311 e. The number of nitrogens with one attached hydrogen (secondary N) is 1. The molecule has 1 N–H and O–H groups in total. The van der Waals surface area contributed by atoms with Crippen LogP contribution >= 0.6 is 0 Å². The molecule has 0 heterocycles. The number of hydrogen-bond donors (Lipinski definition) is 1. The molecule has 1 atom stereocenters. The van der Waals surface area contributed by atoms with Crippen LogP contribution in [0.25, 0.3) is 0 Å². The van der Waals surface area contributed by atoms with Crippen LogP contribution in [0, 0.1) is 5.92 Å². The zero-order valence-corrected chi connectivity index (χ0v) is 9.05. The second-order valence-electron chi connectivity index (χ2n) is 4.16. The Morgan fingerprint density at radius 1 is 1.31 bits per heavy atom. The fraction of sp³-hybridized carbons (Fsp3) is 0.833. The van der Waals surface area contributed by atoms with E-state index in [-0.39, 0.29) is 0 Å². The molecule has 1 unspecified atom stereocenters. The SMILES string of the molecule is C/C=C/CNC(C)C1CCCCC1. The van der Waals surface area contributed by atoms with Gasteiger partial charge in [0.25, 0.3) is 0 Å². The molecule has 0 radical (unpaired) electrons. The summed E-state index contributed by atoms with van der Waals surface area (Å²) in [5.41, 5.74) is 0. The third-order valence-corrected chi connectivity index (χ3v) is 3.15. The Kier molecular flexibility index (Phi) is 5.14. The third kappa shape index (κ3) is 3.95. The zero-order valence-electron chi connectivity index (χ0n) is 9.05. The standard InChI is InChI=1S/C12H23N/c1-3-4-10-13-11(2)12-8-6-5-7-9-12/h3-4,11-13H,5-10H2,1-2H3/b4-3+. The minimum atomic E-state index is 0.705. The molecule has 13 heavy (non-hydrogen) atoms. The van der Waals surface area contributed by atoms with Crippen molar-refractivity contribution in [1.29, 1.82) is 0 Å². The molecule has 1 aliphatic rings. The number of hydrogen-bond acceptors (Lipinski definition) is 1. The van der Waals surface area contributed by atoms with Crippen molar-refractivity contribution in [1.82, 2.24) is 5.32 Å². The Labute approximate surface area is 82.6 Å². The van der Waals surface area contributed by atoms with E-state index in [1.807, 2.05) is 0 Å². The minimum absolute atomic E-state index is 0.705. The first-order valence-electron chi connectivity index (χ1n) is 5.69.